The Morgan fingerprint density at radius 3 is 2.85 bits per heavy atom. The van der Waals surface area contributed by atoms with Gasteiger partial charge in [0, 0.05) is 37.5 Å². The van der Waals surface area contributed by atoms with E-state index in [9.17, 15) is 13.6 Å². The molecule has 1 aromatic carbocycles. The fraction of sp³-hybridized carbons (Fsp3) is 0.235. The number of hydrogen-bond donors (Lipinski definition) is 1. The third kappa shape index (κ3) is 4.05. The van der Waals surface area contributed by atoms with Crippen LogP contribution in [0.5, 0.6) is 5.75 Å². The Morgan fingerprint density at radius 1 is 1.35 bits per heavy atom. The normalized spacial score (nSPS) is 10.8. The van der Waals surface area contributed by atoms with Gasteiger partial charge in [0.05, 0.1) is 5.69 Å². The molecule has 136 valence electrons. The summed E-state index contributed by atoms with van der Waals surface area (Å²) < 4.78 is 38.2. The second-order valence-electron chi connectivity index (χ2n) is 5.64. The second kappa shape index (κ2) is 7.34. The van der Waals surface area contributed by atoms with E-state index in [1.807, 2.05) is 13.1 Å². The number of nitrogens with one attached hydrogen (secondary N) is 1. The minimum absolute atomic E-state index is 0.0738. The zero-order valence-electron chi connectivity index (χ0n) is 14.1. The van der Waals surface area contributed by atoms with Crippen LogP contribution >= 0.6 is 0 Å². The van der Waals surface area contributed by atoms with Crippen molar-refractivity contribution in [1.82, 2.24) is 20.3 Å². The molecule has 0 fully saturated rings. The summed E-state index contributed by atoms with van der Waals surface area (Å²) in [6.45, 7) is 2.00. The van der Waals surface area contributed by atoms with Gasteiger partial charge in [-0.15, -0.1) is 0 Å². The largest absolute Gasteiger partial charge is 0.482 e. The summed E-state index contributed by atoms with van der Waals surface area (Å²) in [4.78, 5) is 12.1. The molecule has 2 heterocycles. The average molecular weight is 362 g/mol. The van der Waals surface area contributed by atoms with Crippen LogP contribution in [-0.4, -0.2) is 20.8 Å². The van der Waals surface area contributed by atoms with E-state index in [0.29, 0.717) is 6.54 Å². The SMILES string of the molecule is Cc1nn(C)cc1CNC(=O)c1cc(COc2ccc(F)cc2F)on1. The van der Waals surface area contributed by atoms with Crippen LogP contribution in [0.4, 0.5) is 8.78 Å². The number of amides is 1. The van der Waals surface area contributed by atoms with E-state index in [1.54, 1.807) is 11.7 Å². The number of nitrogens with zero attached hydrogens (tertiary/aromatic N) is 3. The van der Waals surface area contributed by atoms with Crippen molar-refractivity contribution in [1.29, 1.82) is 0 Å². The van der Waals surface area contributed by atoms with Crippen LogP contribution in [0.2, 0.25) is 0 Å². The molecule has 0 radical (unpaired) electrons. The Kier molecular flexibility index (Phi) is 4.97. The molecule has 0 atom stereocenters. The van der Waals surface area contributed by atoms with E-state index in [1.165, 1.54) is 12.1 Å². The predicted molar refractivity (Wildman–Crippen MR) is 86.3 cm³/mol. The molecule has 3 rings (SSSR count). The first-order valence-electron chi connectivity index (χ1n) is 7.73. The van der Waals surface area contributed by atoms with E-state index >= 15 is 0 Å². The predicted octanol–water partition coefficient (Wildman–Crippen LogP) is 2.50. The van der Waals surface area contributed by atoms with Crippen molar-refractivity contribution in [2.75, 3.05) is 0 Å². The van der Waals surface area contributed by atoms with E-state index in [4.69, 9.17) is 9.26 Å². The van der Waals surface area contributed by atoms with Crippen LogP contribution in [0.25, 0.3) is 0 Å². The molecule has 0 aliphatic rings. The summed E-state index contributed by atoms with van der Waals surface area (Å²) in [5.74, 6) is -1.83. The molecule has 0 bridgehead atoms. The van der Waals surface area contributed by atoms with E-state index in [0.717, 1.165) is 23.4 Å². The Hall–Kier alpha value is -3.23. The maximum atomic E-state index is 13.5. The van der Waals surface area contributed by atoms with E-state index < -0.39 is 17.5 Å². The van der Waals surface area contributed by atoms with Gasteiger partial charge < -0.3 is 14.6 Å². The second-order valence-corrected chi connectivity index (χ2v) is 5.64. The number of aromatic nitrogens is 3. The number of ether oxygens (including phenoxy) is 1. The van der Waals surface area contributed by atoms with E-state index in [-0.39, 0.29) is 23.8 Å². The quantitative estimate of drug-likeness (QED) is 0.729. The number of hydrogen-bond acceptors (Lipinski definition) is 5. The Morgan fingerprint density at radius 2 is 2.15 bits per heavy atom. The number of aryl methyl sites for hydroxylation is 2. The monoisotopic (exact) mass is 362 g/mol. The fourth-order valence-corrected chi connectivity index (χ4v) is 2.32. The van der Waals surface area contributed by atoms with Gasteiger partial charge in [0.15, 0.2) is 23.0 Å². The number of benzene rings is 1. The third-order valence-electron chi connectivity index (χ3n) is 3.61. The number of carbonyl (C=O) groups is 1. The lowest BCUT2D eigenvalue weighted by Gasteiger charge is -2.04. The summed E-state index contributed by atoms with van der Waals surface area (Å²) in [7, 11) is 1.80. The molecule has 0 unspecified atom stereocenters. The van der Waals surface area contributed by atoms with Crippen molar-refractivity contribution in [3.8, 4) is 5.75 Å². The van der Waals surface area contributed by atoms with Crippen LogP contribution < -0.4 is 10.1 Å². The van der Waals surface area contributed by atoms with Crippen molar-refractivity contribution in [3.63, 3.8) is 0 Å². The molecule has 0 aliphatic heterocycles. The Balaban J connectivity index is 1.56. The molecule has 0 spiro atoms. The lowest BCUT2D eigenvalue weighted by Crippen LogP contribution is -2.23. The smallest absolute Gasteiger partial charge is 0.273 e. The lowest BCUT2D eigenvalue weighted by atomic mass is 10.2. The standard InChI is InChI=1S/C17H16F2N4O3/c1-10-11(8-23(2)21-10)7-20-17(24)15-6-13(26-22-15)9-25-16-4-3-12(18)5-14(16)19/h3-6,8H,7,9H2,1-2H3,(H,20,24). The molecular formula is C17H16F2N4O3. The van der Waals surface area contributed by atoms with Gasteiger partial charge in [-0.3, -0.25) is 9.48 Å². The van der Waals surface area contributed by atoms with Gasteiger partial charge in [-0.1, -0.05) is 5.16 Å². The zero-order valence-corrected chi connectivity index (χ0v) is 14.1. The third-order valence-corrected chi connectivity index (χ3v) is 3.61. The van der Waals surface area contributed by atoms with Gasteiger partial charge >= 0.3 is 0 Å². The fourth-order valence-electron chi connectivity index (χ4n) is 2.32. The first-order valence-corrected chi connectivity index (χ1v) is 7.73. The molecule has 7 nitrogen and oxygen atoms in total. The molecule has 0 saturated heterocycles. The summed E-state index contributed by atoms with van der Waals surface area (Å²) in [6, 6.07) is 4.37. The van der Waals surface area contributed by atoms with Crippen LogP contribution in [0, 0.1) is 18.6 Å². The highest BCUT2D eigenvalue weighted by atomic mass is 19.1. The highest BCUT2D eigenvalue weighted by Crippen LogP contribution is 2.19. The van der Waals surface area contributed by atoms with Gasteiger partial charge in [0.1, 0.15) is 12.4 Å². The van der Waals surface area contributed by atoms with Gasteiger partial charge in [-0.2, -0.15) is 5.10 Å². The number of rotatable bonds is 6. The van der Waals surface area contributed by atoms with Crippen molar-refractivity contribution in [2.45, 2.75) is 20.1 Å². The molecule has 2 aromatic heterocycles. The summed E-state index contributed by atoms with van der Waals surface area (Å²) >= 11 is 0. The minimum Gasteiger partial charge on any atom is -0.482 e. The first kappa shape index (κ1) is 17.6. The molecule has 3 aromatic rings. The highest BCUT2D eigenvalue weighted by Gasteiger charge is 2.14. The maximum absolute atomic E-state index is 13.5. The number of halogens is 2. The van der Waals surface area contributed by atoms with Gasteiger partial charge in [0.2, 0.25) is 0 Å². The van der Waals surface area contributed by atoms with Crippen molar-refractivity contribution < 1.29 is 22.8 Å². The molecule has 0 saturated carbocycles. The Bertz CT molecular complexity index is 936. The summed E-state index contributed by atoms with van der Waals surface area (Å²) in [5.41, 5.74) is 1.78. The maximum Gasteiger partial charge on any atom is 0.273 e. The molecule has 26 heavy (non-hydrogen) atoms. The summed E-state index contributed by atoms with van der Waals surface area (Å²) in [6.07, 6.45) is 1.81. The van der Waals surface area contributed by atoms with Crippen molar-refractivity contribution in [2.24, 2.45) is 7.05 Å². The van der Waals surface area contributed by atoms with Crippen LogP contribution in [0.15, 0.2) is 35.0 Å². The van der Waals surface area contributed by atoms with Crippen LogP contribution in [0.3, 0.4) is 0 Å². The molecule has 0 aliphatic carbocycles. The Labute approximate surface area is 147 Å². The topological polar surface area (TPSA) is 82.2 Å². The van der Waals surface area contributed by atoms with Gasteiger partial charge in [-0.05, 0) is 19.1 Å². The first-order chi connectivity index (χ1) is 12.4. The summed E-state index contributed by atoms with van der Waals surface area (Å²) in [5, 5.41) is 10.6. The van der Waals surface area contributed by atoms with Gasteiger partial charge in [-0.25, -0.2) is 8.78 Å². The van der Waals surface area contributed by atoms with Crippen molar-refractivity contribution in [3.05, 3.63) is 64.8 Å². The molecular weight excluding hydrogens is 346 g/mol. The zero-order chi connectivity index (χ0) is 18.7. The number of carbonyl (C=O) groups excluding carboxylic acids is 1. The average Bonchev–Trinajstić information content (AvgIpc) is 3.18. The van der Waals surface area contributed by atoms with E-state index in [2.05, 4.69) is 15.6 Å². The van der Waals surface area contributed by atoms with Gasteiger partial charge in [0.25, 0.3) is 5.91 Å². The molecule has 1 amide bonds. The lowest BCUT2D eigenvalue weighted by molar-refractivity contribution is 0.0941. The van der Waals surface area contributed by atoms with Crippen LogP contribution in [0.1, 0.15) is 27.5 Å². The molecule has 1 N–H and O–H groups in total. The minimum atomic E-state index is -0.825. The molecule has 9 heteroatoms. The van der Waals surface area contributed by atoms with Crippen molar-refractivity contribution >= 4 is 5.91 Å². The van der Waals surface area contributed by atoms with Crippen LogP contribution in [-0.2, 0) is 20.2 Å². The highest BCUT2D eigenvalue weighted by molar-refractivity contribution is 5.92.